The van der Waals surface area contributed by atoms with E-state index in [9.17, 15) is 4.79 Å². The number of likely N-dealkylation sites (tertiary alicyclic amines) is 1. The molecule has 0 saturated carbocycles. The maximum atomic E-state index is 12.4. The molecular formula is C22H30N2O2S. The molecule has 1 fully saturated rings. The number of nitrogens with zero attached hydrogens (tertiary/aromatic N) is 1. The lowest BCUT2D eigenvalue weighted by Gasteiger charge is -2.30. The highest BCUT2D eigenvalue weighted by atomic mass is 32.1. The van der Waals surface area contributed by atoms with E-state index in [2.05, 4.69) is 27.0 Å². The van der Waals surface area contributed by atoms with Crippen molar-refractivity contribution in [3.05, 3.63) is 51.7 Å². The van der Waals surface area contributed by atoms with Crippen molar-refractivity contribution in [1.82, 2.24) is 10.2 Å². The van der Waals surface area contributed by atoms with Crippen LogP contribution >= 0.6 is 11.3 Å². The minimum Gasteiger partial charge on any atom is -0.483 e. The molecule has 1 saturated heterocycles. The molecular weight excluding hydrogens is 356 g/mol. The van der Waals surface area contributed by atoms with Gasteiger partial charge in [0.2, 0.25) is 0 Å². The molecule has 1 atom stereocenters. The summed E-state index contributed by atoms with van der Waals surface area (Å²) in [7, 11) is 0. The molecule has 4 nitrogen and oxygen atoms in total. The number of hydrogen-bond acceptors (Lipinski definition) is 4. The summed E-state index contributed by atoms with van der Waals surface area (Å²) in [4.78, 5) is 14.9. The number of benzene rings is 1. The minimum absolute atomic E-state index is 0.0576. The molecule has 0 aliphatic carbocycles. The van der Waals surface area contributed by atoms with E-state index in [1.54, 1.807) is 11.3 Å². The van der Waals surface area contributed by atoms with Crippen LogP contribution in [0.3, 0.4) is 0 Å². The average Bonchev–Trinajstić information content (AvgIpc) is 3.04. The first kappa shape index (κ1) is 19.9. The van der Waals surface area contributed by atoms with Crippen molar-refractivity contribution >= 4 is 17.2 Å². The molecule has 2 aromatic rings. The first-order chi connectivity index (χ1) is 13.1. The number of hydrogen-bond donors (Lipinski definition) is 1. The second-order valence-corrected chi connectivity index (χ2v) is 8.12. The van der Waals surface area contributed by atoms with Crippen molar-refractivity contribution in [1.29, 1.82) is 0 Å². The van der Waals surface area contributed by atoms with Gasteiger partial charge in [0.25, 0.3) is 5.91 Å². The van der Waals surface area contributed by atoms with Crippen LogP contribution in [0.4, 0.5) is 0 Å². The molecule has 0 radical (unpaired) electrons. The number of thiophene rings is 1. The SMILES string of the molecule is Cc1cccc(C)c1OCC(=O)NCC(c1ccsc1)N1CCCCCC1. The third-order valence-corrected chi connectivity index (χ3v) is 5.96. The first-order valence-electron chi connectivity index (χ1n) is 9.87. The monoisotopic (exact) mass is 386 g/mol. The highest BCUT2D eigenvalue weighted by molar-refractivity contribution is 7.07. The fourth-order valence-electron chi connectivity index (χ4n) is 3.76. The van der Waals surface area contributed by atoms with Crippen molar-refractivity contribution in [2.75, 3.05) is 26.2 Å². The van der Waals surface area contributed by atoms with Crippen LogP contribution in [0.5, 0.6) is 5.75 Å². The van der Waals surface area contributed by atoms with Gasteiger partial charge in [0.15, 0.2) is 6.61 Å². The summed E-state index contributed by atoms with van der Waals surface area (Å²) in [5.41, 5.74) is 3.42. The van der Waals surface area contributed by atoms with Gasteiger partial charge in [0.1, 0.15) is 5.75 Å². The molecule has 1 aliphatic heterocycles. The molecule has 1 unspecified atom stereocenters. The van der Waals surface area contributed by atoms with E-state index in [-0.39, 0.29) is 18.6 Å². The zero-order chi connectivity index (χ0) is 19.1. The normalized spacial score (nSPS) is 16.5. The Kier molecular flexibility index (Phi) is 7.30. The number of ether oxygens (including phenoxy) is 1. The second kappa shape index (κ2) is 9.90. The maximum Gasteiger partial charge on any atom is 0.258 e. The zero-order valence-corrected chi connectivity index (χ0v) is 17.2. The van der Waals surface area contributed by atoms with E-state index >= 15 is 0 Å². The molecule has 146 valence electrons. The molecule has 3 rings (SSSR count). The number of carbonyl (C=O) groups is 1. The highest BCUT2D eigenvalue weighted by Gasteiger charge is 2.22. The number of nitrogens with one attached hydrogen (secondary N) is 1. The Morgan fingerprint density at radius 2 is 1.85 bits per heavy atom. The van der Waals surface area contributed by atoms with Crippen LogP contribution in [-0.4, -0.2) is 37.0 Å². The Balaban J connectivity index is 1.57. The molecule has 0 bridgehead atoms. The van der Waals surface area contributed by atoms with E-state index in [4.69, 9.17) is 4.74 Å². The largest absolute Gasteiger partial charge is 0.483 e. The van der Waals surface area contributed by atoms with Gasteiger partial charge in [-0.05, 0) is 73.3 Å². The van der Waals surface area contributed by atoms with Crippen molar-refractivity contribution in [3.8, 4) is 5.75 Å². The van der Waals surface area contributed by atoms with E-state index in [1.165, 1.54) is 31.2 Å². The second-order valence-electron chi connectivity index (χ2n) is 7.34. The van der Waals surface area contributed by atoms with E-state index in [0.29, 0.717) is 6.54 Å². The van der Waals surface area contributed by atoms with Crippen LogP contribution in [0.15, 0.2) is 35.0 Å². The summed E-state index contributed by atoms with van der Waals surface area (Å²) >= 11 is 1.72. The van der Waals surface area contributed by atoms with Crippen molar-refractivity contribution in [2.24, 2.45) is 0 Å². The predicted octanol–water partition coefficient (Wildman–Crippen LogP) is 4.48. The summed E-state index contributed by atoms with van der Waals surface area (Å²) in [6.45, 7) is 6.91. The van der Waals surface area contributed by atoms with E-state index in [0.717, 1.165) is 30.0 Å². The summed E-state index contributed by atoms with van der Waals surface area (Å²) in [5, 5.41) is 7.42. The third kappa shape index (κ3) is 5.56. The van der Waals surface area contributed by atoms with Crippen LogP contribution < -0.4 is 10.1 Å². The number of rotatable bonds is 7. The lowest BCUT2D eigenvalue weighted by atomic mass is 10.1. The van der Waals surface area contributed by atoms with Gasteiger partial charge >= 0.3 is 0 Å². The van der Waals surface area contributed by atoms with Gasteiger partial charge in [-0.15, -0.1) is 0 Å². The molecule has 1 aliphatic rings. The molecule has 1 aromatic carbocycles. The topological polar surface area (TPSA) is 41.6 Å². The molecule has 1 amide bonds. The summed E-state index contributed by atoms with van der Waals surface area (Å²) < 4.78 is 5.79. The Morgan fingerprint density at radius 1 is 1.15 bits per heavy atom. The maximum absolute atomic E-state index is 12.4. The Hall–Kier alpha value is -1.85. The van der Waals surface area contributed by atoms with Crippen LogP contribution in [0.2, 0.25) is 0 Å². The molecule has 5 heteroatoms. The highest BCUT2D eigenvalue weighted by Crippen LogP contribution is 2.26. The van der Waals surface area contributed by atoms with Gasteiger partial charge in [-0.25, -0.2) is 0 Å². The quantitative estimate of drug-likeness (QED) is 0.763. The number of para-hydroxylation sites is 1. The fraction of sp³-hybridized carbons (Fsp3) is 0.500. The van der Waals surface area contributed by atoms with Crippen LogP contribution in [-0.2, 0) is 4.79 Å². The standard InChI is InChI=1S/C22H30N2O2S/c1-17-8-7-9-18(2)22(17)26-15-21(25)23-14-20(19-10-13-27-16-19)24-11-5-3-4-6-12-24/h7-10,13,16,20H,3-6,11-12,14-15H2,1-2H3,(H,23,25). The zero-order valence-electron chi connectivity index (χ0n) is 16.4. The van der Waals surface area contributed by atoms with Gasteiger partial charge in [0.05, 0.1) is 6.04 Å². The first-order valence-corrected chi connectivity index (χ1v) is 10.8. The van der Waals surface area contributed by atoms with Gasteiger partial charge < -0.3 is 10.1 Å². The Labute approximate surface area is 166 Å². The van der Waals surface area contributed by atoms with Crippen LogP contribution in [0, 0.1) is 13.8 Å². The predicted molar refractivity (Wildman–Crippen MR) is 112 cm³/mol. The van der Waals surface area contributed by atoms with Crippen LogP contribution in [0.1, 0.15) is 48.4 Å². The van der Waals surface area contributed by atoms with Crippen molar-refractivity contribution < 1.29 is 9.53 Å². The average molecular weight is 387 g/mol. The van der Waals surface area contributed by atoms with Gasteiger partial charge in [-0.2, -0.15) is 11.3 Å². The Morgan fingerprint density at radius 3 is 2.48 bits per heavy atom. The van der Waals surface area contributed by atoms with Gasteiger partial charge in [-0.3, -0.25) is 9.69 Å². The molecule has 1 aromatic heterocycles. The summed E-state index contributed by atoms with van der Waals surface area (Å²) in [5.74, 6) is 0.752. The minimum atomic E-state index is -0.0623. The van der Waals surface area contributed by atoms with Crippen molar-refractivity contribution in [3.63, 3.8) is 0 Å². The van der Waals surface area contributed by atoms with Gasteiger partial charge in [-0.1, -0.05) is 31.0 Å². The van der Waals surface area contributed by atoms with Crippen LogP contribution in [0.25, 0.3) is 0 Å². The third-order valence-electron chi connectivity index (χ3n) is 5.26. The molecule has 0 spiro atoms. The number of aryl methyl sites for hydroxylation is 2. The summed E-state index contributed by atoms with van der Waals surface area (Å²) in [6, 6.07) is 8.45. The molecule has 2 heterocycles. The lowest BCUT2D eigenvalue weighted by molar-refractivity contribution is -0.123. The smallest absolute Gasteiger partial charge is 0.258 e. The number of carbonyl (C=O) groups excluding carboxylic acids is 1. The fourth-order valence-corrected chi connectivity index (χ4v) is 4.46. The Bertz CT molecular complexity index is 702. The lowest BCUT2D eigenvalue weighted by Crippen LogP contribution is -2.40. The van der Waals surface area contributed by atoms with Gasteiger partial charge in [0, 0.05) is 6.54 Å². The molecule has 27 heavy (non-hydrogen) atoms. The number of amides is 1. The molecule has 1 N–H and O–H groups in total. The summed E-state index contributed by atoms with van der Waals surface area (Å²) in [6.07, 6.45) is 5.10. The van der Waals surface area contributed by atoms with E-state index < -0.39 is 0 Å². The van der Waals surface area contributed by atoms with E-state index in [1.807, 2.05) is 32.0 Å². The van der Waals surface area contributed by atoms with Crippen molar-refractivity contribution in [2.45, 2.75) is 45.6 Å².